The molecule has 0 saturated heterocycles. The highest BCUT2D eigenvalue weighted by Gasteiger charge is 2.14. The minimum absolute atomic E-state index is 0.303. The number of rotatable bonds is 7. The molecule has 2 heterocycles. The van der Waals surface area contributed by atoms with Crippen molar-refractivity contribution in [3.05, 3.63) is 81.8 Å². The van der Waals surface area contributed by atoms with E-state index in [2.05, 4.69) is 9.88 Å². The summed E-state index contributed by atoms with van der Waals surface area (Å²) in [7, 11) is 5.38. The molecule has 0 aliphatic rings. The first-order valence-corrected chi connectivity index (χ1v) is 10.1. The maximum Gasteiger partial charge on any atom is 0.332 e. The molecular weight excluding hydrogens is 394 g/mol. The highest BCUT2D eigenvalue weighted by atomic mass is 16.5. The van der Waals surface area contributed by atoms with Crippen molar-refractivity contribution in [2.45, 2.75) is 13.0 Å². The first kappa shape index (κ1) is 20.5. The van der Waals surface area contributed by atoms with Gasteiger partial charge in [0.05, 0.1) is 6.33 Å². The number of anilines is 1. The monoisotopic (exact) mass is 419 g/mol. The van der Waals surface area contributed by atoms with Gasteiger partial charge < -0.3 is 14.2 Å². The van der Waals surface area contributed by atoms with Crippen molar-refractivity contribution in [3.63, 3.8) is 0 Å². The number of imidazole rings is 1. The summed E-state index contributed by atoms with van der Waals surface area (Å²) in [5.41, 5.74) is 1.22. The Labute approximate surface area is 179 Å². The zero-order valence-electron chi connectivity index (χ0n) is 17.9. The first-order valence-electron chi connectivity index (χ1n) is 10.1. The molecule has 0 radical (unpaired) electrons. The summed E-state index contributed by atoms with van der Waals surface area (Å²) >= 11 is 0. The predicted molar refractivity (Wildman–Crippen MR) is 121 cm³/mol. The van der Waals surface area contributed by atoms with Gasteiger partial charge in [-0.15, -0.1) is 0 Å². The first-order chi connectivity index (χ1) is 15.0. The molecule has 0 fully saturated rings. The largest absolute Gasteiger partial charge is 0.457 e. The van der Waals surface area contributed by atoms with Gasteiger partial charge in [-0.25, -0.2) is 9.78 Å². The molecule has 0 saturated carbocycles. The van der Waals surface area contributed by atoms with Crippen LogP contribution in [0.25, 0.3) is 11.2 Å². The number of fused-ring (bicyclic) bond motifs is 1. The van der Waals surface area contributed by atoms with Crippen molar-refractivity contribution in [2.75, 3.05) is 18.5 Å². The van der Waals surface area contributed by atoms with Crippen LogP contribution in [0.5, 0.6) is 11.5 Å². The standard InChI is InChI=1S/C23H25N5O3/c1-25(17-10-12-19(13-11-17)31-18-8-5-4-6-9-18)14-7-15-28-22(29)20-21(24-16-26(20)2)27(3)23(28)30/h4-6,8-13,16H,7,14-15H2,1-3H3. The zero-order chi connectivity index (χ0) is 22.0. The number of hydrogen-bond acceptors (Lipinski definition) is 5. The average molecular weight is 419 g/mol. The van der Waals surface area contributed by atoms with Gasteiger partial charge in [0.2, 0.25) is 0 Å². The van der Waals surface area contributed by atoms with E-state index in [1.165, 1.54) is 9.13 Å². The fourth-order valence-corrected chi connectivity index (χ4v) is 3.58. The molecule has 160 valence electrons. The summed E-state index contributed by atoms with van der Waals surface area (Å²) in [6, 6.07) is 17.5. The number of aromatic nitrogens is 4. The highest BCUT2D eigenvalue weighted by molar-refractivity contribution is 5.69. The lowest BCUT2D eigenvalue weighted by Crippen LogP contribution is -2.40. The van der Waals surface area contributed by atoms with Crippen molar-refractivity contribution in [1.29, 1.82) is 0 Å². The lowest BCUT2D eigenvalue weighted by molar-refractivity contribution is 0.482. The highest BCUT2D eigenvalue weighted by Crippen LogP contribution is 2.23. The lowest BCUT2D eigenvalue weighted by Gasteiger charge is -2.20. The Morgan fingerprint density at radius 1 is 0.968 bits per heavy atom. The van der Waals surface area contributed by atoms with Gasteiger partial charge >= 0.3 is 5.69 Å². The Morgan fingerprint density at radius 3 is 2.35 bits per heavy atom. The fraction of sp³-hybridized carbons (Fsp3) is 0.261. The number of para-hydroxylation sites is 1. The van der Waals surface area contributed by atoms with Gasteiger partial charge in [0.25, 0.3) is 5.56 Å². The molecule has 8 heteroatoms. The summed E-state index contributed by atoms with van der Waals surface area (Å²) < 4.78 is 10.2. The van der Waals surface area contributed by atoms with Crippen LogP contribution >= 0.6 is 0 Å². The van der Waals surface area contributed by atoms with Crippen LogP contribution in [0.15, 0.2) is 70.5 Å². The molecular formula is C23H25N5O3. The molecule has 0 amide bonds. The summed E-state index contributed by atoms with van der Waals surface area (Å²) in [6.07, 6.45) is 2.20. The number of benzene rings is 2. The number of aryl methyl sites for hydroxylation is 2. The summed E-state index contributed by atoms with van der Waals surface area (Å²) in [5.74, 6) is 1.56. The third-order valence-electron chi connectivity index (χ3n) is 5.33. The average Bonchev–Trinajstić information content (AvgIpc) is 3.17. The van der Waals surface area contributed by atoms with Crippen molar-refractivity contribution < 1.29 is 4.74 Å². The predicted octanol–water partition coefficient (Wildman–Crippen LogP) is 2.75. The van der Waals surface area contributed by atoms with Crippen LogP contribution in [0.2, 0.25) is 0 Å². The summed E-state index contributed by atoms with van der Waals surface area (Å²) in [5, 5.41) is 0. The van der Waals surface area contributed by atoms with E-state index in [0.29, 0.717) is 30.7 Å². The fourth-order valence-electron chi connectivity index (χ4n) is 3.58. The second-order valence-electron chi connectivity index (χ2n) is 7.51. The summed E-state index contributed by atoms with van der Waals surface area (Å²) in [6.45, 7) is 1.03. The van der Waals surface area contributed by atoms with Gasteiger partial charge in [0, 0.05) is 39.9 Å². The Bertz CT molecular complexity index is 1300. The van der Waals surface area contributed by atoms with Gasteiger partial charge in [-0.05, 0) is 42.8 Å². The number of hydrogen-bond donors (Lipinski definition) is 0. The van der Waals surface area contributed by atoms with Crippen molar-refractivity contribution in [2.24, 2.45) is 14.1 Å². The molecule has 0 spiro atoms. The second kappa shape index (κ2) is 8.51. The molecule has 2 aromatic carbocycles. The van der Waals surface area contributed by atoms with Crippen LogP contribution in [0, 0.1) is 0 Å². The molecule has 4 rings (SSSR count). The van der Waals surface area contributed by atoms with E-state index in [0.717, 1.165) is 17.2 Å². The number of ether oxygens (including phenoxy) is 1. The molecule has 31 heavy (non-hydrogen) atoms. The van der Waals surface area contributed by atoms with Crippen molar-refractivity contribution in [1.82, 2.24) is 18.7 Å². The topological polar surface area (TPSA) is 74.3 Å². The van der Waals surface area contributed by atoms with Crippen LogP contribution in [0.4, 0.5) is 5.69 Å². The maximum absolute atomic E-state index is 12.8. The SMILES string of the molecule is CN(CCCn1c(=O)c2c(ncn2C)n(C)c1=O)c1ccc(Oc2ccccc2)cc1. The van der Waals surface area contributed by atoms with Gasteiger partial charge in [-0.1, -0.05) is 18.2 Å². The maximum atomic E-state index is 12.8. The Morgan fingerprint density at radius 2 is 1.65 bits per heavy atom. The van der Waals surface area contributed by atoms with E-state index < -0.39 is 0 Å². The quantitative estimate of drug-likeness (QED) is 0.461. The molecule has 2 aromatic heterocycles. The second-order valence-corrected chi connectivity index (χ2v) is 7.51. The van der Waals surface area contributed by atoms with E-state index in [-0.39, 0.29) is 11.2 Å². The van der Waals surface area contributed by atoms with E-state index in [1.807, 2.05) is 61.6 Å². The molecule has 4 aromatic rings. The third kappa shape index (κ3) is 4.09. The van der Waals surface area contributed by atoms with Crippen LogP contribution in [0.1, 0.15) is 6.42 Å². The Hall–Kier alpha value is -3.81. The molecule has 0 aliphatic heterocycles. The van der Waals surface area contributed by atoms with E-state index in [9.17, 15) is 9.59 Å². The van der Waals surface area contributed by atoms with Crippen LogP contribution in [-0.4, -0.2) is 32.3 Å². The molecule has 0 N–H and O–H groups in total. The van der Waals surface area contributed by atoms with Gasteiger partial charge in [0.15, 0.2) is 11.2 Å². The van der Waals surface area contributed by atoms with E-state index in [4.69, 9.17) is 4.74 Å². The summed E-state index contributed by atoms with van der Waals surface area (Å²) in [4.78, 5) is 31.6. The van der Waals surface area contributed by atoms with E-state index >= 15 is 0 Å². The molecule has 0 unspecified atom stereocenters. The van der Waals surface area contributed by atoms with E-state index in [1.54, 1.807) is 25.0 Å². The third-order valence-corrected chi connectivity index (χ3v) is 5.33. The molecule has 0 atom stereocenters. The molecule has 0 bridgehead atoms. The van der Waals surface area contributed by atoms with Gasteiger partial charge in [-0.3, -0.25) is 13.9 Å². The van der Waals surface area contributed by atoms with Crippen molar-refractivity contribution in [3.8, 4) is 11.5 Å². The van der Waals surface area contributed by atoms with Crippen LogP contribution < -0.4 is 20.9 Å². The van der Waals surface area contributed by atoms with Gasteiger partial charge in [-0.2, -0.15) is 0 Å². The molecule has 0 aliphatic carbocycles. The Kier molecular flexibility index (Phi) is 5.62. The van der Waals surface area contributed by atoms with Gasteiger partial charge in [0.1, 0.15) is 11.5 Å². The minimum Gasteiger partial charge on any atom is -0.457 e. The van der Waals surface area contributed by atoms with Crippen molar-refractivity contribution >= 4 is 16.9 Å². The minimum atomic E-state index is -0.346. The zero-order valence-corrected chi connectivity index (χ0v) is 17.9. The number of nitrogens with zero attached hydrogens (tertiary/aromatic N) is 5. The van der Waals surface area contributed by atoms with Crippen LogP contribution in [-0.2, 0) is 20.6 Å². The molecule has 8 nitrogen and oxygen atoms in total. The lowest BCUT2D eigenvalue weighted by atomic mass is 10.2. The Balaban J connectivity index is 1.42. The smallest absolute Gasteiger partial charge is 0.332 e. The normalized spacial score (nSPS) is 11.1. The van der Waals surface area contributed by atoms with Crippen LogP contribution in [0.3, 0.4) is 0 Å².